The number of ether oxygens (including phenoxy) is 2. The largest absolute Gasteiger partial charge is 0.454 e. The first-order valence-corrected chi connectivity index (χ1v) is 8.54. The third-order valence-corrected chi connectivity index (χ3v) is 4.58. The minimum atomic E-state index is 0.0521. The van der Waals surface area contributed by atoms with E-state index >= 15 is 0 Å². The molecule has 0 radical (unpaired) electrons. The van der Waals surface area contributed by atoms with Crippen molar-refractivity contribution in [1.82, 2.24) is 5.32 Å². The highest BCUT2D eigenvalue weighted by molar-refractivity contribution is 8.00. The van der Waals surface area contributed by atoms with Gasteiger partial charge in [0.1, 0.15) is 0 Å². The molecule has 2 aromatic carbocycles. The molecule has 1 amide bonds. The van der Waals surface area contributed by atoms with Gasteiger partial charge in [-0.05, 0) is 43.2 Å². The molecule has 0 aliphatic carbocycles. The van der Waals surface area contributed by atoms with Gasteiger partial charge in [0, 0.05) is 11.4 Å². The molecular weight excluding hydrogens is 310 g/mol. The van der Waals surface area contributed by atoms with Crippen molar-refractivity contribution in [3.05, 3.63) is 53.6 Å². The molecule has 0 unspecified atom stereocenters. The van der Waals surface area contributed by atoms with E-state index in [4.69, 9.17) is 9.47 Å². The van der Waals surface area contributed by atoms with Crippen LogP contribution in [0.25, 0.3) is 0 Å². The van der Waals surface area contributed by atoms with Crippen LogP contribution in [0, 0.1) is 6.92 Å². The maximum Gasteiger partial charge on any atom is 0.231 e. The third-order valence-electron chi connectivity index (χ3n) is 3.56. The first kappa shape index (κ1) is 15.7. The average Bonchev–Trinajstić information content (AvgIpc) is 3.02. The molecule has 0 spiro atoms. The molecule has 0 bridgehead atoms. The van der Waals surface area contributed by atoms with E-state index in [9.17, 15) is 4.79 Å². The fourth-order valence-corrected chi connectivity index (χ4v) is 3.01. The number of hydrogen-bond donors (Lipinski definition) is 1. The summed E-state index contributed by atoms with van der Waals surface area (Å²) in [6.45, 7) is 2.95. The van der Waals surface area contributed by atoms with E-state index in [1.807, 2.05) is 30.3 Å². The van der Waals surface area contributed by atoms with Crippen LogP contribution in [0.2, 0.25) is 0 Å². The van der Waals surface area contributed by atoms with Gasteiger partial charge in [-0.2, -0.15) is 0 Å². The van der Waals surface area contributed by atoms with E-state index in [0.717, 1.165) is 28.4 Å². The Kier molecular flexibility index (Phi) is 5.08. The third kappa shape index (κ3) is 4.42. The van der Waals surface area contributed by atoms with Gasteiger partial charge < -0.3 is 14.8 Å². The quantitative estimate of drug-likeness (QED) is 0.827. The maximum absolute atomic E-state index is 11.9. The Morgan fingerprint density at radius 2 is 1.91 bits per heavy atom. The molecule has 1 N–H and O–H groups in total. The molecule has 2 aromatic rings. The van der Waals surface area contributed by atoms with Gasteiger partial charge in [0.15, 0.2) is 11.5 Å². The van der Waals surface area contributed by atoms with Crippen LogP contribution >= 0.6 is 11.8 Å². The second-order valence-electron chi connectivity index (χ2n) is 5.39. The Labute approximate surface area is 140 Å². The summed E-state index contributed by atoms with van der Waals surface area (Å²) in [5.41, 5.74) is 2.35. The Balaban J connectivity index is 1.40. The highest BCUT2D eigenvalue weighted by Crippen LogP contribution is 2.32. The van der Waals surface area contributed by atoms with E-state index in [1.54, 1.807) is 11.8 Å². The minimum Gasteiger partial charge on any atom is -0.454 e. The molecule has 0 atom stereocenters. The van der Waals surface area contributed by atoms with Crippen molar-refractivity contribution in [2.45, 2.75) is 18.2 Å². The van der Waals surface area contributed by atoms with Crippen molar-refractivity contribution in [3.8, 4) is 11.5 Å². The molecule has 4 nitrogen and oxygen atoms in total. The monoisotopic (exact) mass is 329 g/mol. The zero-order valence-electron chi connectivity index (χ0n) is 13.0. The number of benzene rings is 2. The van der Waals surface area contributed by atoms with E-state index in [2.05, 4.69) is 24.4 Å². The van der Waals surface area contributed by atoms with Crippen LogP contribution in [-0.4, -0.2) is 25.0 Å². The van der Waals surface area contributed by atoms with Crippen LogP contribution in [0.5, 0.6) is 11.5 Å². The molecule has 0 aromatic heterocycles. The number of carbonyl (C=O) groups is 1. The minimum absolute atomic E-state index is 0.0521. The lowest BCUT2D eigenvalue weighted by Crippen LogP contribution is -2.27. The normalized spacial score (nSPS) is 12.2. The Morgan fingerprint density at radius 1 is 1.13 bits per heavy atom. The molecular formula is C18H19NO3S. The van der Waals surface area contributed by atoms with Crippen molar-refractivity contribution in [1.29, 1.82) is 0 Å². The summed E-state index contributed by atoms with van der Waals surface area (Å²) in [5, 5.41) is 2.95. The standard InChI is InChI=1S/C18H19NO3S/c1-13-2-5-15(6-3-13)23-11-18(20)19-9-8-14-4-7-16-17(10-14)22-12-21-16/h2-7,10H,8-9,11-12H2,1H3,(H,19,20). The van der Waals surface area contributed by atoms with Gasteiger partial charge in [0.25, 0.3) is 0 Å². The van der Waals surface area contributed by atoms with Gasteiger partial charge >= 0.3 is 0 Å². The lowest BCUT2D eigenvalue weighted by molar-refractivity contribution is -0.118. The number of fused-ring (bicyclic) bond motifs is 1. The van der Waals surface area contributed by atoms with Crippen molar-refractivity contribution in [3.63, 3.8) is 0 Å². The van der Waals surface area contributed by atoms with Crippen LogP contribution in [0.1, 0.15) is 11.1 Å². The summed E-state index contributed by atoms with van der Waals surface area (Å²) in [7, 11) is 0. The lowest BCUT2D eigenvalue weighted by atomic mass is 10.1. The fourth-order valence-electron chi connectivity index (χ4n) is 2.28. The summed E-state index contributed by atoms with van der Waals surface area (Å²) in [6.07, 6.45) is 0.775. The number of carbonyl (C=O) groups excluding carboxylic acids is 1. The molecule has 1 aliphatic heterocycles. The first-order valence-electron chi connectivity index (χ1n) is 7.55. The van der Waals surface area contributed by atoms with Gasteiger partial charge in [-0.3, -0.25) is 4.79 Å². The van der Waals surface area contributed by atoms with Gasteiger partial charge in [0.05, 0.1) is 5.75 Å². The van der Waals surface area contributed by atoms with E-state index in [1.165, 1.54) is 5.56 Å². The van der Waals surface area contributed by atoms with Crippen molar-refractivity contribution < 1.29 is 14.3 Å². The second-order valence-corrected chi connectivity index (χ2v) is 6.44. The SMILES string of the molecule is Cc1ccc(SCC(=O)NCCc2ccc3c(c2)OCO3)cc1. The topological polar surface area (TPSA) is 47.6 Å². The molecule has 5 heteroatoms. The predicted octanol–water partition coefficient (Wildman–Crippen LogP) is 3.17. The zero-order valence-corrected chi connectivity index (χ0v) is 13.8. The predicted molar refractivity (Wildman–Crippen MR) is 91.2 cm³/mol. The van der Waals surface area contributed by atoms with Gasteiger partial charge in [-0.15, -0.1) is 11.8 Å². The van der Waals surface area contributed by atoms with Crippen LogP contribution < -0.4 is 14.8 Å². The Hall–Kier alpha value is -2.14. The number of aryl methyl sites for hydroxylation is 1. The molecule has 3 rings (SSSR count). The summed E-state index contributed by atoms with van der Waals surface area (Å²) in [5.74, 6) is 2.05. The van der Waals surface area contributed by atoms with Crippen LogP contribution in [0.3, 0.4) is 0 Å². The van der Waals surface area contributed by atoms with Crippen molar-refractivity contribution in [2.24, 2.45) is 0 Å². The summed E-state index contributed by atoms with van der Waals surface area (Å²) < 4.78 is 10.6. The average molecular weight is 329 g/mol. The van der Waals surface area contributed by atoms with Crippen LogP contribution in [-0.2, 0) is 11.2 Å². The van der Waals surface area contributed by atoms with Gasteiger partial charge in [-0.1, -0.05) is 23.8 Å². The first-order chi connectivity index (χ1) is 11.2. The summed E-state index contributed by atoms with van der Waals surface area (Å²) in [6, 6.07) is 14.1. The summed E-state index contributed by atoms with van der Waals surface area (Å²) in [4.78, 5) is 13.0. The summed E-state index contributed by atoms with van der Waals surface area (Å²) >= 11 is 1.55. The molecule has 0 saturated carbocycles. The molecule has 120 valence electrons. The Morgan fingerprint density at radius 3 is 2.74 bits per heavy atom. The highest BCUT2D eigenvalue weighted by Gasteiger charge is 2.13. The van der Waals surface area contributed by atoms with Crippen LogP contribution in [0.4, 0.5) is 0 Å². The highest BCUT2D eigenvalue weighted by atomic mass is 32.2. The molecule has 0 fully saturated rings. The van der Waals surface area contributed by atoms with Crippen molar-refractivity contribution >= 4 is 17.7 Å². The lowest BCUT2D eigenvalue weighted by Gasteiger charge is -2.06. The molecule has 1 aliphatic rings. The van der Waals surface area contributed by atoms with E-state index in [0.29, 0.717) is 12.3 Å². The smallest absolute Gasteiger partial charge is 0.231 e. The van der Waals surface area contributed by atoms with Gasteiger partial charge in [-0.25, -0.2) is 0 Å². The molecule has 1 heterocycles. The van der Waals surface area contributed by atoms with E-state index in [-0.39, 0.29) is 12.7 Å². The second kappa shape index (κ2) is 7.42. The zero-order chi connectivity index (χ0) is 16.1. The molecule has 23 heavy (non-hydrogen) atoms. The maximum atomic E-state index is 11.9. The van der Waals surface area contributed by atoms with E-state index < -0.39 is 0 Å². The van der Waals surface area contributed by atoms with Gasteiger partial charge in [0.2, 0.25) is 12.7 Å². The fraction of sp³-hybridized carbons (Fsp3) is 0.278. The number of rotatable bonds is 6. The van der Waals surface area contributed by atoms with Crippen LogP contribution in [0.15, 0.2) is 47.4 Å². The number of thioether (sulfide) groups is 1. The number of nitrogens with one attached hydrogen (secondary N) is 1. The number of hydrogen-bond acceptors (Lipinski definition) is 4. The Bertz CT molecular complexity index is 685. The molecule has 0 saturated heterocycles. The van der Waals surface area contributed by atoms with Crippen molar-refractivity contribution in [2.75, 3.05) is 19.1 Å². The number of amides is 1.